The summed E-state index contributed by atoms with van der Waals surface area (Å²) in [5.41, 5.74) is 5.96. The molecule has 1 heterocycles. The van der Waals surface area contributed by atoms with Gasteiger partial charge in [0.1, 0.15) is 11.6 Å². The SMILES string of the molecule is CCOC(=O)c1nc(C)n(CCCNS(C)(=O)=O)c1N. The fraction of sp³-hybridized carbons (Fsp3) is 0.636. The van der Waals surface area contributed by atoms with Crippen LogP contribution in [0.1, 0.15) is 29.7 Å². The lowest BCUT2D eigenvalue weighted by Crippen LogP contribution is -2.24. The van der Waals surface area contributed by atoms with E-state index in [1.165, 1.54) is 0 Å². The zero-order valence-electron chi connectivity index (χ0n) is 11.8. The second-order valence-corrected chi connectivity index (χ2v) is 6.12. The Bertz CT molecular complexity index is 579. The van der Waals surface area contributed by atoms with Crippen molar-refractivity contribution in [3.05, 3.63) is 11.5 Å². The number of sulfonamides is 1. The maximum atomic E-state index is 11.6. The third-order valence-electron chi connectivity index (χ3n) is 2.59. The first-order valence-electron chi connectivity index (χ1n) is 6.20. The third-order valence-corrected chi connectivity index (χ3v) is 3.32. The number of hydrogen-bond donors (Lipinski definition) is 2. The van der Waals surface area contributed by atoms with Gasteiger partial charge in [-0.15, -0.1) is 0 Å². The molecule has 20 heavy (non-hydrogen) atoms. The predicted octanol–water partition coefficient (Wildman–Crippen LogP) is -0.110. The molecule has 8 nitrogen and oxygen atoms in total. The molecule has 9 heteroatoms. The Morgan fingerprint density at radius 3 is 2.70 bits per heavy atom. The number of nitrogens with two attached hydrogens (primary N) is 1. The Morgan fingerprint density at radius 2 is 2.15 bits per heavy atom. The molecule has 0 saturated carbocycles. The van der Waals surface area contributed by atoms with Gasteiger partial charge in [0.15, 0.2) is 5.69 Å². The lowest BCUT2D eigenvalue weighted by atomic mass is 10.4. The molecule has 0 amide bonds. The van der Waals surface area contributed by atoms with E-state index in [2.05, 4.69) is 9.71 Å². The quantitative estimate of drug-likeness (QED) is 0.536. The molecule has 1 rings (SSSR count). The Kier molecular flexibility index (Phi) is 5.52. The molecule has 0 aliphatic heterocycles. The number of ether oxygens (including phenoxy) is 1. The van der Waals surface area contributed by atoms with Crippen LogP contribution in [0.3, 0.4) is 0 Å². The van der Waals surface area contributed by atoms with Crippen molar-refractivity contribution in [1.29, 1.82) is 0 Å². The lowest BCUT2D eigenvalue weighted by Gasteiger charge is -2.08. The van der Waals surface area contributed by atoms with Crippen molar-refractivity contribution in [3.63, 3.8) is 0 Å². The molecule has 0 aromatic carbocycles. The fourth-order valence-electron chi connectivity index (χ4n) is 1.71. The maximum absolute atomic E-state index is 11.6. The molecule has 0 radical (unpaired) electrons. The van der Waals surface area contributed by atoms with Gasteiger partial charge in [0.25, 0.3) is 0 Å². The van der Waals surface area contributed by atoms with E-state index < -0.39 is 16.0 Å². The van der Waals surface area contributed by atoms with E-state index in [0.29, 0.717) is 25.3 Å². The second kappa shape index (κ2) is 6.71. The first kappa shape index (κ1) is 16.4. The van der Waals surface area contributed by atoms with Crippen molar-refractivity contribution >= 4 is 21.8 Å². The Balaban J connectivity index is 2.69. The summed E-state index contributed by atoms with van der Waals surface area (Å²) in [6.07, 6.45) is 1.64. The van der Waals surface area contributed by atoms with Crippen LogP contribution in [0.4, 0.5) is 5.82 Å². The highest BCUT2D eigenvalue weighted by Gasteiger charge is 2.19. The number of anilines is 1. The highest BCUT2D eigenvalue weighted by Crippen LogP contribution is 2.15. The van der Waals surface area contributed by atoms with E-state index in [4.69, 9.17) is 10.5 Å². The van der Waals surface area contributed by atoms with Crippen LogP contribution < -0.4 is 10.5 Å². The molecule has 0 aliphatic carbocycles. The molecule has 0 bridgehead atoms. The minimum atomic E-state index is -3.19. The topological polar surface area (TPSA) is 116 Å². The molecule has 0 aliphatic rings. The van der Waals surface area contributed by atoms with Gasteiger partial charge in [-0.25, -0.2) is 22.9 Å². The zero-order valence-corrected chi connectivity index (χ0v) is 12.7. The van der Waals surface area contributed by atoms with Gasteiger partial charge in [-0.3, -0.25) is 0 Å². The van der Waals surface area contributed by atoms with E-state index in [9.17, 15) is 13.2 Å². The van der Waals surface area contributed by atoms with Crippen LogP contribution in [-0.4, -0.2) is 43.3 Å². The maximum Gasteiger partial charge on any atom is 0.360 e. The van der Waals surface area contributed by atoms with E-state index in [0.717, 1.165) is 6.26 Å². The molecular weight excluding hydrogens is 284 g/mol. The zero-order chi connectivity index (χ0) is 15.3. The molecular formula is C11H20N4O4S. The highest BCUT2D eigenvalue weighted by atomic mass is 32.2. The van der Waals surface area contributed by atoms with Gasteiger partial charge in [-0.2, -0.15) is 0 Å². The Hall–Kier alpha value is -1.61. The number of nitrogens with one attached hydrogen (secondary N) is 1. The van der Waals surface area contributed by atoms with Crippen LogP contribution in [0.25, 0.3) is 0 Å². The smallest absolute Gasteiger partial charge is 0.360 e. The van der Waals surface area contributed by atoms with E-state index in [-0.39, 0.29) is 18.1 Å². The number of carbonyl (C=O) groups excluding carboxylic acids is 1. The molecule has 114 valence electrons. The molecule has 1 aromatic rings. The number of rotatable bonds is 7. The molecule has 1 aromatic heterocycles. The van der Waals surface area contributed by atoms with Crippen LogP contribution in [-0.2, 0) is 21.3 Å². The summed E-state index contributed by atoms with van der Waals surface area (Å²) >= 11 is 0. The molecule has 0 unspecified atom stereocenters. The van der Waals surface area contributed by atoms with Gasteiger partial charge < -0.3 is 15.0 Å². The molecule has 0 saturated heterocycles. The van der Waals surface area contributed by atoms with E-state index in [1.54, 1.807) is 18.4 Å². The number of aromatic nitrogens is 2. The van der Waals surface area contributed by atoms with Gasteiger partial charge in [-0.05, 0) is 20.3 Å². The number of nitrogen functional groups attached to an aromatic ring is 1. The number of aryl methyl sites for hydroxylation is 1. The largest absolute Gasteiger partial charge is 0.461 e. The van der Waals surface area contributed by atoms with Gasteiger partial charge in [0, 0.05) is 13.1 Å². The monoisotopic (exact) mass is 304 g/mol. The van der Waals surface area contributed by atoms with Crippen molar-refractivity contribution in [1.82, 2.24) is 14.3 Å². The average molecular weight is 304 g/mol. The summed E-state index contributed by atoms with van der Waals surface area (Å²) in [6, 6.07) is 0. The Labute approximate surface area is 118 Å². The highest BCUT2D eigenvalue weighted by molar-refractivity contribution is 7.88. The average Bonchev–Trinajstić information content (AvgIpc) is 2.60. The summed E-state index contributed by atoms with van der Waals surface area (Å²) in [7, 11) is -3.19. The van der Waals surface area contributed by atoms with Crippen molar-refractivity contribution in [2.24, 2.45) is 0 Å². The standard InChI is InChI=1S/C11H20N4O4S/c1-4-19-11(16)9-10(12)15(8(2)14-9)7-5-6-13-20(3,17)18/h13H,4-7,12H2,1-3H3. The van der Waals surface area contributed by atoms with Crippen molar-refractivity contribution in [2.45, 2.75) is 26.8 Å². The van der Waals surface area contributed by atoms with Crippen LogP contribution in [0.2, 0.25) is 0 Å². The summed E-state index contributed by atoms with van der Waals surface area (Å²) in [6.45, 7) is 4.44. The lowest BCUT2D eigenvalue weighted by molar-refractivity contribution is 0.0521. The van der Waals surface area contributed by atoms with Crippen molar-refractivity contribution in [2.75, 3.05) is 25.1 Å². The normalized spacial score (nSPS) is 11.6. The van der Waals surface area contributed by atoms with Crippen LogP contribution in [0.5, 0.6) is 0 Å². The fourth-order valence-corrected chi connectivity index (χ4v) is 2.22. The van der Waals surface area contributed by atoms with E-state index >= 15 is 0 Å². The first-order valence-corrected chi connectivity index (χ1v) is 8.09. The molecule has 3 N–H and O–H groups in total. The predicted molar refractivity (Wildman–Crippen MR) is 74.8 cm³/mol. The minimum Gasteiger partial charge on any atom is -0.461 e. The summed E-state index contributed by atoms with van der Waals surface area (Å²) in [4.78, 5) is 15.7. The van der Waals surface area contributed by atoms with Crippen LogP contribution >= 0.6 is 0 Å². The van der Waals surface area contributed by atoms with Crippen LogP contribution in [0, 0.1) is 6.92 Å². The number of hydrogen-bond acceptors (Lipinski definition) is 6. The van der Waals surface area contributed by atoms with Gasteiger partial charge in [0.2, 0.25) is 10.0 Å². The van der Waals surface area contributed by atoms with Gasteiger partial charge >= 0.3 is 5.97 Å². The minimum absolute atomic E-state index is 0.0976. The Morgan fingerprint density at radius 1 is 1.50 bits per heavy atom. The third kappa shape index (κ3) is 4.49. The van der Waals surface area contributed by atoms with Gasteiger partial charge in [0.05, 0.1) is 12.9 Å². The molecule has 0 fully saturated rings. The van der Waals surface area contributed by atoms with Crippen molar-refractivity contribution < 1.29 is 17.9 Å². The molecule has 0 atom stereocenters. The number of nitrogens with zero attached hydrogens (tertiary/aromatic N) is 2. The first-order chi connectivity index (χ1) is 9.26. The summed E-state index contributed by atoms with van der Waals surface area (Å²) in [5.74, 6) is 0.270. The second-order valence-electron chi connectivity index (χ2n) is 4.29. The summed E-state index contributed by atoms with van der Waals surface area (Å²) < 4.78 is 30.8. The summed E-state index contributed by atoms with van der Waals surface area (Å²) in [5, 5.41) is 0. The number of carbonyl (C=O) groups is 1. The van der Waals surface area contributed by atoms with Crippen LogP contribution in [0.15, 0.2) is 0 Å². The van der Waals surface area contributed by atoms with E-state index in [1.807, 2.05) is 0 Å². The number of imidazole rings is 1. The van der Waals surface area contributed by atoms with Crippen molar-refractivity contribution in [3.8, 4) is 0 Å². The van der Waals surface area contributed by atoms with Gasteiger partial charge in [-0.1, -0.05) is 0 Å². The molecule has 0 spiro atoms. The number of esters is 1.